The maximum Gasteiger partial charge on any atom is 0.248 e. The quantitative estimate of drug-likeness (QED) is 0.840. The summed E-state index contributed by atoms with van der Waals surface area (Å²) in [6.07, 6.45) is 8.33. The molecule has 7 nitrogen and oxygen atoms in total. The smallest absolute Gasteiger partial charge is 0.248 e. The predicted octanol–water partition coefficient (Wildman–Crippen LogP) is 1.41. The van der Waals surface area contributed by atoms with Crippen LogP contribution in [-0.4, -0.2) is 66.3 Å². The van der Waals surface area contributed by atoms with Gasteiger partial charge in [-0.2, -0.15) is 0 Å². The summed E-state index contributed by atoms with van der Waals surface area (Å²) < 4.78 is 11.3. The van der Waals surface area contributed by atoms with Gasteiger partial charge in [-0.15, -0.1) is 0 Å². The number of nitrogens with one attached hydrogen (secondary N) is 1. The number of hydrogen-bond acceptors (Lipinski definition) is 6. The summed E-state index contributed by atoms with van der Waals surface area (Å²) in [7, 11) is 0. The summed E-state index contributed by atoms with van der Waals surface area (Å²) in [6.45, 7) is 4.88. The summed E-state index contributed by atoms with van der Waals surface area (Å²) in [4.78, 5) is 23.7. The van der Waals surface area contributed by atoms with Crippen molar-refractivity contribution in [2.75, 3.05) is 39.5 Å². The minimum Gasteiger partial charge on any atom is -0.376 e. The minimum atomic E-state index is 0.0849. The Morgan fingerprint density at radius 2 is 2.19 bits per heavy atom. The Kier molecular flexibility index (Phi) is 6.32. The summed E-state index contributed by atoms with van der Waals surface area (Å²) in [5, 5.41) is 3.35. The Labute approximate surface area is 160 Å². The second-order valence-corrected chi connectivity index (χ2v) is 7.79. The maximum absolute atomic E-state index is 12.4. The van der Waals surface area contributed by atoms with E-state index in [2.05, 4.69) is 10.3 Å². The number of likely N-dealkylation sites (tertiary alicyclic amines) is 1. The predicted molar refractivity (Wildman–Crippen MR) is 100 cm³/mol. The Hall–Kier alpha value is -1.57. The van der Waals surface area contributed by atoms with E-state index < -0.39 is 0 Å². The standard InChI is InChI=1S/C20H30N4O3/c25-19(14-26-13-17-3-1-2-10-27-17)24-8-5-15(6-9-24)20-22-12-16-11-21-7-4-18(16)23-20/h12,15,17,21H,1-11,13-14H2. The van der Waals surface area contributed by atoms with Crippen LogP contribution in [0.3, 0.4) is 0 Å². The van der Waals surface area contributed by atoms with E-state index in [1.807, 2.05) is 11.1 Å². The minimum absolute atomic E-state index is 0.0849. The number of rotatable bonds is 5. The van der Waals surface area contributed by atoms with Crippen LogP contribution in [0.2, 0.25) is 0 Å². The van der Waals surface area contributed by atoms with Crippen LogP contribution in [0, 0.1) is 0 Å². The normalized spacial score (nSPS) is 23.9. The Morgan fingerprint density at radius 1 is 1.30 bits per heavy atom. The first-order valence-electron chi connectivity index (χ1n) is 10.3. The van der Waals surface area contributed by atoms with Crippen molar-refractivity contribution in [3.8, 4) is 0 Å². The van der Waals surface area contributed by atoms with E-state index in [1.54, 1.807) is 0 Å². The number of carbonyl (C=O) groups excluding carboxylic acids is 1. The highest BCUT2D eigenvalue weighted by molar-refractivity contribution is 5.77. The number of aromatic nitrogens is 2. The third-order valence-corrected chi connectivity index (χ3v) is 5.84. The van der Waals surface area contributed by atoms with Crippen molar-refractivity contribution in [1.82, 2.24) is 20.2 Å². The molecular formula is C20H30N4O3. The molecule has 2 fully saturated rings. The second-order valence-electron chi connectivity index (χ2n) is 7.79. The van der Waals surface area contributed by atoms with Crippen LogP contribution in [0.5, 0.6) is 0 Å². The fourth-order valence-electron chi connectivity index (χ4n) is 4.14. The van der Waals surface area contributed by atoms with E-state index in [0.717, 1.165) is 70.7 Å². The topological polar surface area (TPSA) is 76.6 Å². The fraction of sp³-hybridized carbons (Fsp3) is 0.750. The molecule has 1 unspecified atom stereocenters. The van der Waals surface area contributed by atoms with Crippen molar-refractivity contribution in [1.29, 1.82) is 0 Å². The molecule has 1 N–H and O–H groups in total. The van der Waals surface area contributed by atoms with Gasteiger partial charge in [0.15, 0.2) is 0 Å². The van der Waals surface area contributed by atoms with Gasteiger partial charge >= 0.3 is 0 Å². The molecule has 0 aliphatic carbocycles. The van der Waals surface area contributed by atoms with E-state index >= 15 is 0 Å². The van der Waals surface area contributed by atoms with E-state index in [1.165, 1.54) is 17.7 Å². The summed E-state index contributed by atoms with van der Waals surface area (Å²) >= 11 is 0. The monoisotopic (exact) mass is 374 g/mol. The third-order valence-electron chi connectivity index (χ3n) is 5.84. The molecule has 0 radical (unpaired) electrons. The molecule has 1 aromatic rings. The van der Waals surface area contributed by atoms with Crippen LogP contribution in [0.25, 0.3) is 0 Å². The summed E-state index contributed by atoms with van der Waals surface area (Å²) in [5.41, 5.74) is 2.41. The van der Waals surface area contributed by atoms with Gasteiger partial charge in [0.2, 0.25) is 5.91 Å². The van der Waals surface area contributed by atoms with Gasteiger partial charge in [0, 0.05) is 62.6 Å². The number of piperidine rings is 1. The number of ether oxygens (including phenoxy) is 2. The molecular weight excluding hydrogens is 344 g/mol. The molecule has 0 aromatic carbocycles. The number of carbonyl (C=O) groups is 1. The van der Waals surface area contributed by atoms with E-state index in [9.17, 15) is 4.79 Å². The van der Waals surface area contributed by atoms with Crippen molar-refractivity contribution >= 4 is 5.91 Å². The lowest BCUT2D eigenvalue weighted by Crippen LogP contribution is -2.40. The van der Waals surface area contributed by atoms with Gasteiger partial charge < -0.3 is 19.7 Å². The molecule has 0 bridgehead atoms. The Morgan fingerprint density at radius 3 is 3.00 bits per heavy atom. The molecule has 0 saturated carbocycles. The highest BCUT2D eigenvalue weighted by Gasteiger charge is 2.26. The first-order valence-corrected chi connectivity index (χ1v) is 10.3. The van der Waals surface area contributed by atoms with E-state index in [-0.39, 0.29) is 18.6 Å². The van der Waals surface area contributed by atoms with Gasteiger partial charge in [0.1, 0.15) is 12.4 Å². The molecule has 148 valence electrons. The molecule has 4 heterocycles. The molecule has 3 aliphatic heterocycles. The van der Waals surface area contributed by atoms with Crippen molar-refractivity contribution < 1.29 is 14.3 Å². The molecule has 7 heteroatoms. The molecule has 27 heavy (non-hydrogen) atoms. The lowest BCUT2D eigenvalue weighted by Gasteiger charge is -2.32. The average Bonchev–Trinajstić information content (AvgIpc) is 2.74. The molecule has 2 saturated heterocycles. The van der Waals surface area contributed by atoms with Crippen LogP contribution < -0.4 is 5.32 Å². The Balaban J connectivity index is 1.22. The van der Waals surface area contributed by atoms with E-state index in [0.29, 0.717) is 12.5 Å². The van der Waals surface area contributed by atoms with Crippen molar-refractivity contribution in [2.45, 2.75) is 57.1 Å². The summed E-state index contributed by atoms with van der Waals surface area (Å²) in [6, 6.07) is 0. The summed E-state index contributed by atoms with van der Waals surface area (Å²) in [5.74, 6) is 1.39. The maximum atomic E-state index is 12.4. The van der Waals surface area contributed by atoms with Gasteiger partial charge in [-0.3, -0.25) is 4.79 Å². The molecule has 1 amide bonds. The fourth-order valence-corrected chi connectivity index (χ4v) is 4.14. The van der Waals surface area contributed by atoms with Crippen molar-refractivity contribution in [3.05, 3.63) is 23.3 Å². The zero-order valence-electron chi connectivity index (χ0n) is 16.0. The second kappa shape index (κ2) is 9.08. The van der Waals surface area contributed by atoms with Crippen LogP contribution in [-0.2, 0) is 27.2 Å². The van der Waals surface area contributed by atoms with Gasteiger partial charge in [0.25, 0.3) is 0 Å². The van der Waals surface area contributed by atoms with Crippen molar-refractivity contribution in [2.24, 2.45) is 0 Å². The largest absolute Gasteiger partial charge is 0.376 e. The molecule has 4 rings (SSSR count). The highest BCUT2D eigenvalue weighted by Crippen LogP contribution is 2.26. The number of nitrogens with zero attached hydrogens (tertiary/aromatic N) is 3. The molecule has 3 aliphatic rings. The zero-order valence-corrected chi connectivity index (χ0v) is 16.0. The lowest BCUT2D eigenvalue weighted by molar-refractivity contribution is -0.139. The van der Waals surface area contributed by atoms with Crippen LogP contribution >= 0.6 is 0 Å². The van der Waals surface area contributed by atoms with Crippen molar-refractivity contribution in [3.63, 3.8) is 0 Å². The number of fused-ring (bicyclic) bond motifs is 1. The molecule has 1 atom stereocenters. The number of amides is 1. The van der Waals surface area contributed by atoms with Gasteiger partial charge in [-0.25, -0.2) is 9.97 Å². The van der Waals surface area contributed by atoms with Crippen LogP contribution in [0.4, 0.5) is 0 Å². The SMILES string of the molecule is O=C(COCC1CCCCO1)N1CCC(c2ncc3c(n2)CCNC3)CC1. The van der Waals surface area contributed by atoms with Crippen LogP contribution in [0.15, 0.2) is 6.20 Å². The highest BCUT2D eigenvalue weighted by atomic mass is 16.5. The number of hydrogen-bond donors (Lipinski definition) is 1. The first kappa shape index (κ1) is 18.8. The van der Waals surface area contributed by atoms with Gasteiger partial charge in [-0.05, 0) is 32.1 Å². The van der Waals surface area contributed by atoms with Gasteiger partial charge in [0.05, 0.1) is 12.7 Å². The van der Waals surface area contributed by atoms with Gasteiger partial charge in [-0.1, -0.05) is 0 Å². The Bertz CT molecular complexity index is 640. The first-order chi connectivity index (χ1) is 13.3. The zero-order chi connectivity index (χ0) is 18.5. The van der Waals surface area contributed by atoms with Crippen LogP contribution in [0.1, 0.15) is 55.1 Å². The lowest BCUT2D eigenvalue weighted by atomic mass is 9.95. The molecule has 1 aromatic heterocycles. The molecule has 0 spiro atoms. The van der Waals surface area contributed by atoms with E-state index in [4.69, 9.17) is 14.5 Å². The third kappa shape index (κ3) is 4.83. The average molecular weight is 374 g/mol.